The molecule has 2 aromatic rings. The number of hydrogen-bond acceptors (Lipinski definition) is 3. The minimum absolute atomic E-state index is 0.253. The molecule has 2 rings (SSSR count). The summed E-state index contributed by atoms with van der Waals surface area (Å²) in [4.78, 5) is 4.28. The van der Waals surface area contributed by atoms with E-state index < -0.39 is 8.07 Å². The molecule has 3 nitrogen and oxygen atoms in total. The third-order valence-corrected chi connectivity index (χ3v) is 5.16. The quantitative estimate of drug-likeness (QED) is 0.428. The zero-order valence-corrected chi connectivity index (χ0v) is 14.7. The fraction of sp³-hybridized carbons (Fsp3) is 0.400. The first kappa shape index (κ1) is 15.5. The molecular formula is C15H20BrNO2Si. The van der Waals surface area contributed by atoms with E-state index in [0.717, 1.165) is 27.9 Å². The van der Waals surface area contributed by atoms with Crippen LogP contribution in [0, 0.1) is 0 Å². The monoisotopic (exact) mass is 353 g/mol. The van der Waals surface area contributed by atoms with Crippen LogP contribution in [0.2, 0.25) is 25.7 Å². The first-order valence-corrected chi connectivity index (χ1v) is 11.2. The summed E-state index contributed by atoms with van der Waals surface area (Å²) in [6.45, 7) is 8.01. The third kappa shape index (κ3) is 4.58. The van der Waals surface area contributed by atoms with Gasteiger partial charge in [-0.2, -0.15) is 0 Å². The molecule has 0 atom stereocenters. The fourth-order valence-corrected chi connectivity index (χ4v) is 2.88. The Morgan fingerprint density at radius 2 is 2.00 bits per heavy atom. The van der Waals surface area contributed by atoms with E-state index in [0.29, 0.717) is 5.88 Å². The number of hydrogen-bond donors (Lipinski definition) is 0. The van der Waals surface area contributed by atoms with Crippen LogP contribution in [0.25, 0.3) is 10.8 Å². The minimum atomic E-state index is -1.04. The summed E-state index contributed by atoms with van der Waals surface area (Å²) in [5.74, 6) is 0.622. The van der Waals surface area contributed by atoms with Crippen molar-refractivity contribution in [2.24, 2.45) is 0 Å². The molecule has 0 saturated heterocycles. The maximum absolute atomic E-state index is 5.65. The summed E-state index contributed by atoms with van der Waals surface area (Å²) in [6.07, 6.45) is 1.76. The SMILES string of the molecule is C[Si](C)(C)CCOCOc1nccc2ccc(Br)cc12. The van der Waals surface area contributed by atoms with Crippen LogP contribution in [0.15, 0.2) is 34.9 Å². The van der Waals surface area contributed by atoms with Crippen molar-refractivity contribution in [2.75, 3.05) is 13.4 Å². The Morgan fingerprint density at radius 1 is 1.20 bits per heavy atom. The molecule has 108 valence electrons. The number of aromatic nitrogens is 1. The van der Waals surface area contributed by atoms with Gasteiger partial charge < -0.3 is 9.47 Å². The molecule has 0 aliphatic rings. The lowest BCUT2D eigenvalue weighted by Gasteiger charge is -2.15. The van der Waals surface area contributed by atoms with Crippen molar-refractivity contribution in [1.29, 1.82) is 0 Å². The number of nitrogens with zero attached hydrogens (tertiary/aromatic N) is 1. The summed E-state index contributed by atoms with van der Waals surface area (Å²) in [5.41, 5.74) is 0. The van der Waals surface area contributed by atoms with Gasteiger partial charge in [0.25, 0.3) is 0 Å². The Bertz CT molecular complexity index is 584. The standard InChI is InChI=1S/C15H20BrNO2Si/c1-20(2,3)9-8-18-11-19-15-14-10-13(16)5-4-12(14)6-7-17-15/h4-7,10H,8-9,11H2,1-3H3. The van der Waals surface area contributed by atoms with E-state index in [1.165, 1.54) is 0 Å². The largest absolute Gasteiger partial charge is 0.450 e. The Morgan fingerprint density at radius 3 is 2.75 bits per heavy atom. The molecule has 1 aromatic carbocycles. The Hall–Kier alpha value is -0.913. The van der Waals surface area contributed by atoms with Crippen molar-refractivity contribution in [2.45, 2.75) is 25.7 Å². The van der Waals surface area contributed by atoms with Gasteiger partial charge in [-0.05, 0) is 29.6 Å². The topological polar surface area (TPSA) is 31.4 Å². The number of rotatable bonds is 6. The number of halogens is 1. The zero-order chi connectivity index (χ0) is 14.6. The van der Waals surface area contributed by atoms with E-state index in [-0.39, 0.29) is 6.79 Å². The van der Waals surface area contributed by atoms with Gasteiger partial charge in [-0.3, -0.25) is 0 Å². The molecule has 0 fully saturated rings. The molecule has 1 heterocycles. The molecule has 0 saturated carbocycles. The lowest BCUT2D eigenvalue weighted by Crippen LogP contribution is -2.22. The van der Waals surface area contributed by atoms with Crippen LogP contribution in [0.5, 0.6) is 5.88 Å². The van der Waals surface area contributed by atoms with Crippen molar-refractivity contribution >= 4 is 34.8 Å². The summed E-state index contributed by atoms with van der Waals surface area (Å²) in [7, 11) is -1.04. The molecule has 0 aliphatic carbocycles. The smallest absolute Gasteiger partial charge is 0.223 e. The normalized spacial score (nSPS) is 11.8. The van der Waals surface area contributed by atoms with Crippen LogP contribution in [0.3, 0.4) is 0 Å². The van der Waals surface area contributed by atoms with Gasteiger partial charge in [0.15, 0.2) is 6.79 Å². The molecule has 0 spiro atoms. The summed E-state index contributed by atoms with van der Waals surface area (Å²) in [6, 6.07) is 9.18. The van der Waals surface area contributed by atoms with E-state index in [1.54, 1.807) is 6.20 Å². The zero-order valence-electron chi connectivity index (χ0n) is 12.1. The van der Waals surface area contributed by atoms with Crippen LogP contribution < -0.4 is 4.74 Å². The van der Waals surface area contributed by atoms with Crippen molar-refractivity contribution in [1.82, 2.24) is 4.98 Å². The van der Waals surface area contributed by atoms with E-state index in [1.807, 2.05) is 24.3 Å². The number of pyridine rings is 1. The molecule has 0 radical (unpaired) electrons. The second-order valence-electron chi connectivity index (χ2n) is 5.96. The van der Waals surface area contributed by atoms with Crippen LogP contribution in [-0.2, 0) is 4.74 Å². The number of ether oxygens (including phenoxy) is 2. The minimum Gasteiger partial charge on any atom is -0.450 e. The second-order valence-corrected chi connectivity index (χ2v) is 12.5. The maximum Gasteiger partial charge on any atom is 0.223 e. The number of fused-ring (bicyclic) bond motifs is 1. The van der Waals surface area contributed by atoms with Crippen molar-refractivity contribution < 1.29 is 9.47 Å². The van der Waals surface area contributed by atoms with Crippen molar-refractivity contribution in [3.63, 3.8) is 0 Å². The first-order valence-electron chi connectivity index (χ1n) is 6.70. The first-order chi connectivity index (χ1) is 9.46. The fourth-order valence-electron chi connectivity index (χ4n) is 1.76. The highest BCUT2D eigenvalue weighted by atomic mass is 79.9. The highest BCUT2D eigenvalue weighted by molar-refractivity contribution is 9.10. The molecule has 0 bridgehead atoms. The van der Waals surface area contributed by atoms with E-state index >= 15 is 0 Å². The summed E-state index contributed by atoms with van der Waals surface area (Å²) in [5, 5.41) is 2.11. The van der Waals surface area contributed by atoms with Gasteiger partial charge >= 0.3 is 0 Å². The predicted octanol–water partition coefficient (Wildman–Crippen LogP) is 4.69. The molecule has 0 amide bonds. The highest BCUT2D eigenvalue weighted by Crippen LogP contribution is 2.26. The summed E-state index contributed by atoms with van der Waals surface area (Å²) < 4.78 is 12.2. The second kappa shape index (κ2) is 6.69. The molecule has 5 heteroatoms. The third-order valence-electron chi connectivity index (χ3n) is 2.97. The van der Waals surface area contributed by atoms with Gasteiger partial charge in [-0.25, -0.2) is 4.98 Å². The lowest BCUT2D eigenvalue weighted by molar-refractivity contribution is 0.0203. The molecule has 20 heavy (non-hydrogen) atoms. The van der Waals surface area contributed by atoms with Crippen LogP contribution in [0.4, 0.5) is 0 Å². The maximum atomic E-state index is 5.65. The van der Waals surface area contributed by atoms with Gasteiger partial charge in [0.05, 0.1) is 0 Å². The van der Waals surface area contributed by atoms with Crippen LogP contribution in [0.1, 0.15) is 0 Å². The average Bonchev–Trinajstić information content (AvgIpc) is 2.37. The van der Waals surface area contributed by atoms with Gasteiger partial charge in [-0.1, -0.05) is 41.6 Å². The lowest BCUT2D eigenvalue weighted by atomic mass is 10.2. The molecule has 0 N–H and O–H groups in total. The van der Waals surface area contributed by atoms with E-state index in [4.69, 9.17) is 9.47 Å². The van der Waals surface area contributed by atoms with Gasteiger partial charge in [0.1, 0.15) is 0 Å². The Balaban J connectivity index is 1.95. The van der Waals surface area contributed by atoms with Gasteiger partial charge in [0.2, 0.25) is 5.88 Å². The average molecular weight is 354 g/mol. The van der Waals surface area contributed by atoms with E-state index in [2.05, 4.69) is 40.6 Å². The molecular weight excluding hydrogens is 334 g/mol. The Kier molecular flexibility index (Phi) is 5.18. The predicted molar refractivity (Wildman–Crippen MR) is 89.0 cm³/mol. The van der Waals surface area contributed by atoms with Crippen molar-refractivity contribution in [3.8, 4) is 5.88 Å². The van der Waals surface area contributed by atoms with Crippen LogP contribution in [-0.4, -0.2) is 26.5 Å². The Labute approximate surface area is 129 Å². The van der Waals surface area contributed by atoms with Gasteiger partial charge in [-0.15, -0.1) is 0 Å². The number of benzene rings is 1. The molecule has 0 unspecified atom stereocenters. The van der Waals surface area contributed by atoms with E-state index in [9.17, 15) is 0 Å². The summed E-state index contributed by atoms with van der Waals surface area (Å²) >= 11 is 3.47. The van der Waals surface area contributed by atoms with Crippen LogP contribution >= 0.6 is 15.9 Å². The molecule has 0 aliphatic heterocycles. The van der Waals surface area contributed by atoms with Gasteiger partial charge in [0, 0.05) is 30.7 Å². The molecule has 1 aromatic heterocycles. The highest BCUT2D eigenvalue weighted by Gasteiger charge is 2.12. The van der Waals surface area contributed by atoms with Crippen molar-refractivity contribution in [3.05, 3.63) is 34.9 Å².